The van der Waals surface area contributed by atoms with Crippen LogP contribution in [0.2, 0.25) is 0 Å². The molecule has 4 aliphatic carbocycles. The maximum absolute atomic E-state index is 14.9. The van der Waals surface area contributed by atoms with Crippen molar-refractivity contribution in [1.29, 1.82) is 0 Å². The summed E-state index contributed by atoms with van der Waals surface area (Å²) in [6.07, 6.45) is 29.3. The van der Waals surface area contributed by atoms with Crippen molar-refractivity contribution in [2.45, 2.75) is 180 Å². The first-order valence-electron chi connectivity index (χ1n) is 22.4. The van der Waals surface area contributed by atoms with E-state index in [2.05, 4.69) is 13.8 Å². The van der Waals surface area contributed by atoms with Gasteiger partial charge in [0.05, 0.1) is 12.2 Å². The molecule has 0 radical (unpaired) electrons. The van der Waals surface area contributed by atoms with E-state index in [1.165, 1.54) is 127 Å². The number of hydrogen-bond donors (Lipinski definition) is 0. The third-order valence-electron chi connectivity index (χ3n) is 14.9. The summed E-state index contributed by atoms with van der Waals surface area (Å²) in [7, 11) is 0. The van der Waals surface area contributed by atoms with E-state index < -0.39 is 35.5 Å². The zero-order valence-corrected chi connectivity index (χ0v) is 33.1. The van der Waals surface area contributed by atoms with Crippen LogP contribution in [-0.4, -0.2) is 0 Å². The van der Waals surface area contributed by atoms with E-state index in [1.807, 2.05) is 0 Å². The predicted molar refractivity (Wildman–Crippen MR) is 209 cm³/mol. The predicted octanol–water partition coefficient (Wildman–Crippen LogP) is 15.4. The Labute approximate surface area is 319 Å². The first-order chi connectivity index (χ1) is 25.8. The normalized spacial score (nSPS) is 30.9. The van der Waals surface area contributed by atoms with Crippen LogP contribution >= 0.6 is 0 Å². The Morgan fingerprint density at radius 2 is 0.792 bits per heavy atom. The van der Waals surface area contributed by atoms with E-state index in [0.29, 0.717) is 11.1 Å². The summed E-state index contributed by atoms with van der Waals surface area (Å²) in [5.41, 5.74) is 1.33. The van der Waals surface area contributed by atoms with E-state index in [4.69, 9.17) is 4.74 Å². The molecule has 1 nitrogen and oxygen atoms in total. The van der Waals surface area contributed by atoms with Gasteiger partial charge in [0.1, 0.15) is 0 Å². The fourth-order valence-electron chi connectivity index (χ4n) is 11.6. The van der Waals surface area contributed by atoms with Gasteiger partial charge in [0.25, 0.3) is 0 Å². The molecule has 2 aromatic rings. The molecular formula is C48H70F4O. The molecule has 2 atom stereocenters. The van der Waals surface area contributed by atoms with Crippen molar-refractivity contribution in [3.8, 4) is 0 Å². The molecule has 2 unspecified atom stereocenters. The van der Waals surface area contributed by atoms with Gasteiger partial charge in [-0.2, -0.15) is 0 Å². The van der Waals surface area contributed by atoms with Crippen LogP contribution in [0.1, 0.15) is 191 Å². The Kier molecular flexibility index (Phi) is 15.6. The Morgan fingerprint density at radius 3 is 1.11 bits per heavy atom. The van der Waals surface area contributed by atoms with Gasteiger partial charge < -0.3 is 4.74 Å². The van der Waals surface area contributed by atoms with Crippen LogP contribution in [0.3, 0.4) is 0 Å². The summed E-state index contributed by atoms with van der Waals surface area (Å²) in [5.74, 6) is 1.74. The van der Waals surface area contributed by atoms with Crippen molar-refractivity contribution >= 4 is 0 Å². The van der Waals surface area contributed by atoms with Crippen molar-refractivity contribution < 1.29 is 22.3 Å². The Morgan fingerprint density at radius 1 is 0.453 bits per heavy atom. The number of hydrogen-bond acceptors (Lipinski definition) is 1. The molecule has 0 saturated heterocycles. The molecule has 0 heterocycles. The van der Waals surface area contributed by atoms with Crippen LogP contribution in [0.15, 0.2) is 36.4 Å². The number of ether oxygens (including phenoxy) is 1. The van der Waals surface area contributed by atoms with Crippen molar-refractivity contribution in [3.05, 3.63) is 70.8 Å². The molecule has 4 fully saturated rings. The van der Waals surface area contributed by atoms with Crippen molar-refractivity contribution in [2.75, 3.05) is 0 Å². The van der Waals surface area contributed by atoms with Crippen LogP contribution in [0.25, 0.3) is 0 Å². The number of halogens is 4. The highest BCUT2D eigenvalue weighted by Crippen LogP contribution is 2.50. The minimum absolute atomic E-state index is 0.165. The van der Waals surface area contributed by atoms with Crippen LogP contribution in [0.4, 0.5) is 17.6 Å². The van der Waals surface area contributed by atoms with Gasteiger partial charge in [-0.15, -0.1) is 0 Å². The summed E-state index contributed by atoms with van der Waals surface area (Å²) in [6.45, 7) is 4.56. The maximum Gasteiger partial charge on any atom is 0.159 e. The average molecular weight is 739 g/mol. The molecule has 5 heteroatoms. The van der Waals surface area contributed by atoms with Gasteiger partial charge in [0, 0.05) is 0 Å². The molecule has 0 amide bonds. The first-order valence-corrected chi connectivity index (χ1v) is 22.4. The maximum atomic E-state index is 14.9. The second-order valence-electron chi connectivity index (χ2n) is 18.2. The summed E-state index contributed by atoms with van der Waals surface area (Å²) in [6, 6.07) is 8.47. The van der Waals surface area contributed by atoms with Gasteiger partial charge in [-0.05, 0) is 160 Å². The zero-order chi connectivity index (χ0) is 37.2. The molecule has 2 aromatic carbocycles. The van der Waals surface area contributed by atoms with Gasteiger partial charge in [0.15, 0.2) is 23.3 Å². The largest absolute Gasteiger partial charge is 0.365 e. The topological polar surface area (TPSA) is 9.23 Å². The van der Waals surface area contributed by atoms with Gasteiger partial charge in [0.2, 0.25) is 0 Å². The minimum atomic E-state index is -0.856. The van der Waals surface area contributed by atoms with Gasteiger partial charge >= 0.3 is 0 Å². The lowest BCUT2D eigenvalue weighted by molar-refractivity contribution is -0.0937. The lowest BCUT2D eigenvalue weighted by Gasteiger charge is -2.43. The average Bonchev–Trinajstić information content (AvgIpc) is 3.19. The number of rotatable bonds is 16. The highest BCUT2D eigenvalue weighted by Gasteiger charge is 2.39. The Balaban J connectivity index is 1.13. The molecule has 0 spiro atoms. The van der Waals surface area contributed by atoms with Gasteiger partial charge in [-0.25, -0.2) is 17.6 Å². The van der Waals surface area contributed by atoms with Crippen LogP contribution in [0, 0.1) is 70.6 Å². The van der Waals surface area contributed by atoms with Crippen LogP contribution in [-0.2, 0) is 4.74 Å². The molecular weight excluding hydrogens is 669 g/mol. The summed E-state index contributed by atoms with van der Waals surface area (Å²) >= 11 is 0. The van der Waals surface area contributed by atoms with Crippen molar-refractivity contribution in [3.63, 3.8) is 0 Å². The van der Waals surface area contributed by atoms with E-state index in [0.717, 1.165) is 86.9 Å². The van der Waals surface area contributed by atoms with Gasteiger partial charge in [-0.3, -0.25) is 0 Å². The molecule has 4 saturated carbocycles. The third kappa shape index (κ3) is 11.1. The Bertz CT molecular complexity index is 1260. The second-order valence-corrected chi connectivity index (χ2v) is 18.2. The molecule has 0 bridgehead atoms. The summed E-state index contributed by atoms with van der Waals surface area (Å²) in [5, 5.41) is 0. The highest BCUT2D eigenvalue weighted by atomic mass is 19.2. The van der Waals surface area contributed by atoms with Gasteiger partial charge in [-0.1, -0.05) is 103 Å². The Hall–Kier alpha value is -1.88. The smallest absolute Gasteiger partial charge is 0.159 e. The second kappa shape index (κ2) is 20.3. The van der Waals surface area contributed by atoms with Crippen LogP contribution < -0.4 is 0 Å². The fourth-order valence-corrected chi connectivity index (χ4v) is 11.6. The first kappa shape index (κ1) is 40.8. The molecule has 4 aliphatic rings. The highest BCUT2D eigenvalue weighted by molar-refractivity contribution is 5.24. The fraction of sp³-hybridized carbons (Fsp3) is 0.750. The number of unbranched alkanes of at least 4 members (excludes halogenated alkanes) is 4. The summed E-state index contributed by atoms with van der Waals surface area (Å²) in [4.78, 5) is 0. The monoisotopic (exact) mass is 739 g/mol. The zero-order valence-electron chi connectivity index (χ0n) is 33.1. The lowest BCUT2D eigenvalue weighted by Crippen LogP contribution is -2.31. The molecule has 296 valence electrons. The van der Waals surface area contributed by atoms with E-state index >= 15 is 0 Å². The summed E-state index contributed by atoms with van der Waals surface area (Å²) < 4.78 is 65.4. The quantitative estimate of drug-likeness (QED) is 0.123. The van der Waals surface area contributed by atoms with E-state index in [9.17, 15) is 17.6 Å². The minimum Gasteiger partial charge on any atom is -0.365 e. The molecule has 0 N–H and O–H groups in total. The number of benzene rings is 2. The van der Waals surface area contributed by atoms with E-state index in [1.54, 1.807) is 12.1 Å². The molecule has 53 heavy (non-hydrogen) atoms. The van der Waals surface area contributed by atoms with E-state index in [-0.39, 0.29) is 11.8 Å². The van der Waals surface area contributed by atoms with Crippen molar-refractivity contribution in [2.24, 2.45) is 47.3 Å². The molecule has 6 rings (SSSR count). The molecule has 0 aromatic heterocycles. The third-order valence-corrected chi connectivity index (χ3v) is 14.9. The molecule has 0 aliphatic heterocycles. The van der Waals surface area contributed by atoms with Crippen molar-refractivity contribution in [1.82, 2.24) is 0 Å². The SMILES string of the molecule is CCCCCC1CCC(C2CCC(C(OC(c3ccc(F)c(F)c3)C3CCC(C4CCC(CCCCC)CC4)CC3)c3ccc(F)c(F)c3)CC2)CC1. The van der Waals surface area contributed by atoms with Crippen LogP contribution in [0.5, 0.6) is 0 Å². The standard InChI is InChI=1S/C48H70F4O/c1-3-5-7-9-33-11-15-35(16-12-33)37-19-23-39(24-20-37)47(41-27-29-43(49)45(51)31-41)53-48(42-28-30-44(50)46(52)32-42)40-25-21-38(22-26-40)36-17-13-34(14-18-36)10-8-6-4-2/h27-40,47-48H,3-26H2,1-2H3. The lowest BCUT2D eigenvalue weighted by atomic mass is 9.67.